The number of hydrogen-bond acceptors (Lipinski definition) is 7. The Hall–Kier alpha value is -3.14. The predicted octanol–water partition coefficient (Wildman–Crippen LogP) is 6.36. The molecular formula is C23H15BrN4O2S2. The highest BCUT2D eigenvalue weighted by atomic mass is 79.9. The SMILES string of the molecule is COc1ccc(/C=N/N(C(=O)c2nc3ccccc3s2)c2nc3ccc(Br)cc3s2)cc1. The van der Waals surface area contributed by atoms with E-state index in [2.05, 4.69) is 31.0 Å². The fraction of sp³-hybridized carbons (Fsp3) is 0.0435. The van der Waals surface area contributed by atoms with Crippen molar-refractivity contribution < 1.29 is 9.53 Å². The van der Waals surface area contributed by atoms with Gasteiger partial charge in [0.1, 0.15) is 5.75 Å². The van der Waals surface area contributed by atoms with Crippen LogP contribution in [0.5, 0.6) is 5.75 Å². The number of carbonyl (C=O) groups is 1. The summed E-state index contributed by atoms with van der Waals surface area (Å²) in [5.74, 6) is 0.426. The van der Waals surface area contributed by atoms with E-state index in [4.69, 9.17) is 4.74 Å². The lowest BCUT2D eigenvalue weighted by Crippen LogP contribution is -2.25. The van der Waals surface area contributed by atoms with E-state index in [9.17, 15) is 4.79 Å². The molecule has 32 heavy (non-hydrogen) atoms. The van der Waals surface area contributed by atoms with E-state index >= 15 is 0 Å². The minimum Gasteiger partial charge on any atom is -0.497 e. The van der Waals surface area contributed by atoms with Gasteiger partial charge < -0.3 is 4.74 Å². The molecule has 0 radical (unpaired) electrons. The van der Waals surface area contributed by atoms with Crippen molar-refractivity contribution in [2.24, 2.45) is 5.10 Å². The Bertz CT molecular complexity index is 1430. The van der Waals surface area contributed by atoms with Crippen molar-refractivity contribution in [3.63, 3.8) is 0 Å². The Kier molecular flexibility index (Phi) is 5.69. The normalized spacial score (nSPS) is 11.4. The van der Waals surface area contributed by atoms with Gasteiger partial charge in [0.15, 0.2) is 5.01 Å². The fourth-order valence-electron chi connectivity index (χ4n) is 3.03. The van der Waals surface area contributed by atoms with Gasteiger partial charge in [-0.1, -0.05) is 39.4 Å². The van der Waals surface area contributed by atoms with Gasteiger partial charge in [-0.05, 0) is 60.2 Å². The molecular weight excluding hydrogens is 508 g/mol. The Morgan fingerprint density at radius 3 is 2.56 bits per heavy atom. The van der Waals surface area contributed by atoms with Crippen molar-refractivity contribution in [2.45, 2.75) is 0 Å². The molecule has 0 fully saturated rings. The van der Waals surface area contributed by atoms with E-state index in [1.165, 1.54) is 27.7 Å². The van der Waals surface area contributed by atoms with Gasteiger partial charge in [-0.25, -0.2) is 9.97 Å². The van der Waals surface area contributed by atoms with E-state index in [0.717, 1.165) is 36.2 Å². The molecule has 0 aliphatic carbocycles. The second-order valence-electron chi connectivity index (χ2n) is 6.73. The van der Waals surface area contributed by atoms with Gasteiger partial charge in [0, 0.05) is 4.47 Å². The van der Waals surface area contributed by atoms with Gasteiger partial charge in [0.2, 0.25) is 5.13 Å². The maximum atomic E-state index is 13.5. The Morgan fingerprint density at radius 1 is 1.00 bits per heavy atom. The molecule has 2 heterocycles. The standard InChI is InChI=1S/C23H15BrN4O2S2/c1-30-16-9-6-14(7-10-16)13-25-28(23-27-18-11-8-15(24)12-20(18)32-23)22(29)21-26-17-4-2-3-5-19(17)31-21/h2-13H,1H3/b25-13+. The summed E-state index contributed by atoms with van der Waals surface area (Å²) < 4.78 is 8.06. The fourth-order valence-corrected chi connectivity index (χ4v) is 5.40. The lowest BCUT2D eigenvalue weighted by molar-refractivity contribution is 0.0987. The van der Waals surface area contributed by atoms with Crippen molar-refractivity contribution in [1.82, 2.24) is 9.97 Å². The van der Waals surface area contributed by atoms with Crippen LogP contribution in [0.4, 0.5) is 5.13 Å². The highest BCUT2D eigenvalue weighted by molar-refractivity contribution is 9.10. The number of nitrogens with zero attached hydrogens (tertiary/aromatic N) is 4. The van der Waals surface area contributed by atoms with Crippen LogP contribution in [0.25, 0.3) is 20.4 Å². The van der Waals surface area contributed by atoms with Crippen molar-refractivity contribution in [1.29, 1.82) is 0 Å². The van der Waals surface area contributed by atoms with Crippen LogP contribution in [0.15, 0.2) is 76.3 Å². The van der Waals surface area contributed by atoms with Gasteiger partial charge in [0.25, 0.3) is 0 Å². The number of fused-ring (bicyclic) bond motifs is 2. The van der Waals surface area contributed by atoms with E-state index in [1.54, 1.807) is 13.3 Å². The number of aromatic nitrogens is 2. The average Bonchev–Trinajstić information content (AvgIpc) is 3.43. The first-order chi connectivity index (χ1) is 15.6. The van der Waals surface area contributed by atoms with Gasteiger partial charge in [0.05, 0.1) is 33.8 Å². The molecule has 0 N–H and O–H groups in total. The number of rotatable bonds is 5. The number of methoxy groups -OCH3 is 1. The molecule has 2 aromatic heterocycles. The van der Waals surface area contributed by atoms with E-state index < -0.39 is 0 Å². The molecule has 0 spiro atoms. The summed E-state index contributed by atoms with van der Waals surface area (Å²) >= 11 is 6.23. The highest BCUT2D eigenvalue weighted by Crippen LogP contribution is 2.33. The molecule has 0 atom stereocenters. The number of amides is 1. The molecule has 6 nitrogen and oxygen atoms in total. The van der Waals surface area contributed by atoms with Gasteiger partial charge in [-0.15, -0.1) is 11.3 Å². The predicted molar refractivity (Wildman–Crippen MR) is 134 cm³/mol. The molecule has 5 rings (SSSR count). The minimum atomic E-state index is -0.325. The first-order valence-electron chi connectivity index (χ1n) is 9.55. The summed E-state index contributed by atoms with van der Waals surface area (Å²) in [4.78, 5) is 22.6. The molecule has 0 aliphatic rings. The molecule has 5 aromatic rings. The summed E-state index contributed by atoms with van der Waals surface area (Å²) in [6.45, 7) is 0. The summed E-state index contributed by atoms with van der Waals surface area (Å²) in [6.07, 6.45) is 1.63. The lowest BCUT2D eigenvalue weighted by Gasteiger charge is -2.11. The van der Waals surface area contributed by atoms with Crippen LogP contribution in [-0.4, -0.2) is 29.2 Å². The maximum Gasteiger partial charge on any atom is 0.309 e. The smallest absolute Gasteiger partial charge is 0.309 e. The van der Waals surface area contributed by atoms with E-state index in [0.29, 0.717) is 10.1 Å². The van der Waals surface area contributed by atoms with Crippen LogP contribution in [0.1, 0.15) is 15.4 Å². The summed E-state index contributed by atoms with van der Waals surface area (Å²) in [5.41, 5.74) is 2.42. The van der Waals surface area contributed by atoms with Crippen molar-refractivity contribution in [3.05, 3.63) is 81.8 Å². The molecule has 3 aromatic carbocycles. The number of hydrazone groups is 1. The zero-order valence-electron chi connectivity index (χ0n) is 16.7. The molecule has 0 saturated carbocycles. The van der Waals surface area contributed by atoms with Crippen molar-refractivity contribution in [2.75, 3.05) is 12.1 Å². The minimum absolute atomic E-state index is 0.325. The Balaban J connectivity index is 1.56. The zero-order valence-corrected chi connectivity index (χ0v) is 19.9. The third-order valence-electron chi connectivity index (χ3n) is 4.63. The zero-order chi connectivity index (χ0) is 22.1. The lowest BCUT2D eigenvalue weighted by atomic mass is 10.2. The molecule has 0 aliphatic heterocycles. The average molecular weight is 523 g/mol. The van der Waals surface area contributed by atoms with Crippen LogP contribution >= 0.6 is 38.6 Å². The summed E-state index contributed by atoms with van der Waals surface area (Å²) in [5, 5.41) is 6.66. The van der Waals surface area contributed by atoms with Gasteiger partial charge in [-0.3, -0.25) is 4.79 Å². The summed E-state index contributed by atoms with van der Waals surface area (Å²) in [6, 6.07) is 20.9. The largest absolute Gasteiger partial charge is 0.497 e. The van der Waals surface area contributed by atoms with Gasteiger partial charge >= 0.3 is 5.91 Å². The second kappa shape index (κ2) is 8.78. The number of anilines is 1. The molecule has 0 saturated heterocycles. The molecule has 9 heteroatoms. The van der Waals surface area contributed by atoms with Crippen molar-refractivity contribution >= 4 is 76.3 Å². The van der Waals surface area contributed by atoms with Crippen LogP contribution in [0, 0.1) is 0 Å². The number of thiazole rings is 2. The molecule has 0 bridgehead atoms. The summed E-state index contributed by atoms with van der Waals surface area (Å²) in [7, 11) is 1.62. The first kappa shape index (κ1) is 20.7. The third kappa shape index (κ3) is 4.14. The third-order valence-corrected chi connectivity index (χ3v) is 7.14. The number of benzene rings is 3. The second-order valence-corrected chi connectivity index (χ2v) is 9.69. The number of hydrogen-bond donors (Lipinski definition) is 0. The number of para-hydroxylation sites is 1. The van der Waals surface area contributed by atoms with Crippen LogP contribution < -0.4 is 9.75 Å². The van der Waals surface area contributed by atoms with E-state index in [1.807, 2.05) is 66.7 Å². The Morgan fingerprint density at radius 2 is 1.78 bits per heavy atom. The monoisotopic (exact) mass is 522 g/mol. The quantitative estimate of drug-likeness (QED) is 0.199. The van der Waals surface area contributed by atoms with Crippen molar-refractivity contribution in [3.8, 4) is 5.75 Å². The number of halogens is 1. The molecule has 158 valence electrons. The topological polar surface area (TPSA) is 67.7 Å². The van der Waals surface area contributed by atoms with Crippen LogP contribution in [0.2, 0.25) is 0 Å². The number of carbonyl (C=O) groups excluding carboxylic acids is 1. The van der Waals surface area contributed by atoms with Gasteiger partial charge in [-0.2, -0.15) is 10.1 Å². The molecule has 1 amide bonds. The maximum absolute atomic E-state index is 13.5. The first-order valence-corrected chi connectivity index (χ1v) is 12.0. The Labute approximate surface area is 199 Å². The number of ether oxygens (including phenoxy) is 1. The highest BCUT2D eigenvalue weighted by Gasteiger charge is 2.24. The van der Waals surface area contributed by atoms with E-state index in [-0.39, 0.29) is 5.91 Å². The van der Waals surface area contributed by atoms with Crippen LogP contribution in [0.3, 0.4) is 0 Å². The van der Waals surface area contributed by atoms with Crippen LogP contribution in [-0.2, 0) is 0 Å². The molecule has 0 unspecified atom stereocenters.